The van der Waals surface area contributed by atoms with Gasteiger partial charge in [-0.25, -0.2) is 0 Å². The van der Waals surface area contributed by atoms with Crippen LogP contribution in [0.3, 0.4) is 0 Å². The van der Waals surface area contributed by atoms with Gasteiger partial charge in [-0.1, -0.05) is 24.3 Å². The second-order valence-electron chi connectivity index (χ2n) is 6.26. The summed E-state index contributed by atoms with van der Waals surface area (Å²) in [4.78, 5) is 0. The second-order valence-corrected chi connectivity index (χ2v) is 6.26. The van der Waals surface area contributed by atoms with Crippen LogP contribution in [-0.2, 0) is 16.0 Å². The van der Waals surface area contributed by atoms with Crippen LogP contribution in [0.15, 0.2) is 24.3 Å². The van der Waals surface area contributed by atoms with Gasteiger partial charge in [0, 0.05) is 19.8 Å². The summed E-state index contributed by atoms with van der Waals surface area (Å²) in [6.07, 6.45) is 6.51. The summed E-state index contributed by atoms with van der Waals surface area (Å²) >= 11 is 0. The van der Waals surface area contributed by atoms with Gasteiger partial charge < -0.3 is 14.8 Å². The highest BCUT2D eigenvalue weighted by molar-refractivity contribution is 5.29. The lowest BCUT2D eigenvalue weighted by Gasteiger charge is -2.10. The van der Waals surface area contributed by atoms with Crippen molar-refractivity contribution in [2.45, 2.75) is 50.7 Å². The Labute approximate surface area is 128 Å². The third-order valence-corrected chi connectivity index (χ3v) is 4.30. The van der Waals surface area contributed by atoms with E-state index >= 15 is 0 Å². The van der Waals surface area contributed by atoms with Crippen LogP contribution in [-0.4, -0.2) is 32.5 Å². The summed E-state index contributed by atoms with van der Waals surface area (Å²) in [5, 5.41) is 3.51. The fraction of sp³-hybridized carbons (Fsp3) is 0.667. The van der Waals surface area contributed by atoms with Crippen molar-refractivity contribution in [3.8, 4) is 0 Å². The van der Waals surface area contributed by atoms with E-state index in [1.54, 1.807) is 0 Å². The molecule has 1 aromatic rings. The Morgan fingerprint density at radius 1 is 1.24 bits per heavy atom. The zero-order chi connectivity index (χ0) is 14.3. The van der Waals surface area contributed by atoms with Gasteiger partial charge in [0.05, 0.1) is 12.7 Å². The molecule has 1 saturated carbocycles. The zero-order valence-electron chi connectivity index (χ0n) is 12.9. The summed E-state index contributed by atoms with van der Waals surface area (Å²) in [6.45, 7) is 4.49. The molecule has 2 aliphatic rings. The van der Waals surface area contributed by atoms with Gasteiger partial charge in [-0.3, -0.25) is 0 Å². The molecule has 1 saturated heterocycles. The predicted molar refractivity (Wildman–Crippen MR) is 84.5 cm³/mol. The van der Waals surface area contributed by atoms with Crippen LogP contribution >= 0.6 is 0 Å². The molecular weight excluding hydrogens is 262 g/mol. The monoisotopic (exact) mass is 289 g/mol. The molecule has 1 atom stereocenters. The van der Waals surface area contributed by atoms with E-state index in [4.69, 9.17) is 9.47 Å². The van der Waals surface area contributed by atoms with Crippen LogP contribution in [0, 0.1) is 0 Å². The summed E-state index contributed by atoms with van der Waals surface area (Å²) in [6, 6.07) is 9.03. The lowest BCUT2D eigenvalue weighted by Crippen LogP contribution is -2.19. The fourth-order valence-electron chi connectivity index (χ4n) is 2.90. The minimum Gasteiger partial charge on any atom is -0.379 e. The second kappa shape index (κ2) is 7.92. The molecule has 1 aliphatic heterocycles. The first kappa shape index (κ1) is 15.0. The largest absolute Gasteiger partial charge is 0.379 e. The molecule has 1 unspecified atom stereocenters. The lowest BCUT2D eigenvalue weighted by atomic mass is 10.1. The predicted octanol–water partition coefficient (Wildman–Crippen LogP) is 3.24. The molecule has 1 aliphatic carbocycles. The maximum Gasteiger partial charge on any atom is 0.0809 e. The molecule has 0 radical (unpaired) electrons. The molecule has 1 heterocycles. The Kier molecular flexibility index (Phi) is 5.67. The molecule has 0 bridgehead atoms. The van der Waals surface area contributed by atoms with Gasteiger partial charge in [-0.05, 0) is 55.7 Å². The van der Waals surface area contributed by atoms with Gasteiger partial charge in [0.25, 0.3) is 0 Å². The van der Waals surface area contributed by atoms with E-state index < -0.39 is 0 Å². The Balaban J connectivity index is 1.23. The van der Waals surface area contributed by atoms with Crippen molar-refractivity contribution in [3.63, 3.8) is 0 Å². The number of nitrogens with one attached hydrogen (secondary N) is 1. The summed E-state index contributed by atoms with van der Waals surface area (Å²) in [5.41, 5.74) is 2.92. The lowest BCUT2D eigenvalue weighted by molar-refractivity contribution is 0.0166. The van der Waals surface area contributed by atoms with Crippen LogP contribution in [0.4, 0.5) is 0 Å². The van der Waals surface area contributed by atoms with Crippen molar-refractivity contribution in [2.75, 3.05) is 26.4 Å². The van der Waals surface area contributed by atoms with Gasteiger partial charge in [-0.2, -0.15) is 0 Å². The van der Waals surface area contributed by atoms with Gasteiger partial charge in [-0.15, -0.1) is 0 Å². The normalized spacial score (nSPS) is 21.8. The average molecular weight is 289 g/mol. The maximum atomic E-state index is 5.66. The molecule has 0 amide bonds. The van der Waals surface area contributed by atoms with Crippen molar-refractivity contribution in [3.05, 3.63) is 35.4 Å². The number of ether oxygens (including phenoxy) is 2. The first-order chi connectivity index (χ1) is 10.4. The highest BCUT2D eigenvalue weighted by Gasteiger charge is 2.23. The summed E-state index contributed by atoms with van der Waals surface area (Å²) in [7, 11) is 0. The molecule has 0 aromatic heterocycles. The van der Waals surface area contributed by atoms with Crippen LogP contribution in [0.1, 0.15) is 49.1 Å². The van der Waals surface area contributed by atoms with E-state index in [-0.39, 0.29) is 0 Å². The average Bonchev–Trinajstić information content (AvgIpc) is 3.24. The standard InChI is InChI=1S/C18H27NO2/c1-4-15(12-17(5-1)16-7-8-16)13-19-9-3-10-20-14-18-6-2-11-21-18/h1,4-5,12,16,18-19H,2-3,6-11,13-14H2. The number of hydrogen-bond acceptors (Lipinski definition) is 3. The van der Waals surface area contributed by atoms with E-state index in [2.05, 4.69) is 29.6 Å². The van der Waals surface area contributed by atoms with Crippen LogP contribution < -0.4 is 5.32 Å². The maximum absolute atomic E-state index is 5.66. The molecule has 21 heavy (non-hydrogen) atoms. The minimum absolute atomic E-state index is 0.350. The molecule has 116 valence electrons. The highest BCUT2D eigenvalue weighted by atomic mass is 16.5. The summed E-state index contributed by atoms with van der Waals surface area (Å²) in [5.74, 6) is 0.844. The molecule has 3 nitrogen and oxygen atoms in total. The molecule has 1 N–H and O–H groups in total. The highest BCUT2D eigenvalue weighted by Crippen LogP contribution is 2.40. The SMILES string of the molecule is c1cc(CNCCCOCC2CCCO2)cc(C2CC2)c1. The number of rotatable bonds is 9. The molecule has 1 aromatic carbocycles. The smallest absolute Gasteiger partial charge is 0.0809 e. The molecular formula is C18H27NO2. The van der Waals surface area contributed by atoms with Gasteiger partial charge in [0.15, 0.2) is 0 Å². The molecule has 3 heteroatoms. The van der Waals surface area contributed by atoms with Crippen LogP contribution in [0.2, 0.25) is 0 Å². The van der Waals surface area contributed by atoms with Crippen LogP contribution in [0.5, 0.6) is 0 Å². The van der Waals surface area contributed by atoms with E-state index in [0.29, 0.717) is 6.10 Å². The van der Waals surface area contributed by atoms with Gasteiger partial charge in [0.1, 0.15) is 0 Å². The Morgan fingerprint density at radius 2 is 2.19 bits per heavy atom. The van der Waals surface area contributed by atoms with Crippen molar-refractivity contribution >= 4 is 0 Å². The molecule has 3 rings (SSSR count). The third-order valence-electron chi connectivity index (χ3n) is 4.30. The molecule has 0 spiro atoms. The van der Waals surface area contributed by atoms with Crippen LogP contribution in [0.25, 0.3) is 0 Å². The third kappa shape index (κ3) is 5.10. The van der Waals surface area contributed by atoms with Crippen molar-refractivity contribution in [1.29, 1.82) is 0 Å². The van der Waals surface area contributed by atoms with E-state index in [1.165, 1.54) is 30.4 Å². The Morgan fingerprint density at radius 3 is 3.00 bits per heavy atom. The minimum atomic E-state index is 0.350. The number of benzene rings is 1. The van der Waals surface area contributed by atoms with Crippen molar-refractivity contribution in [1.82, 2.24) is 5.32 Å². The van der Waals surface area contributed by atoms with E-state index in [9.17, 15) is 0 Å². The Bertz CT molecular complexity index is 425. The zero-order valence-corrected chi connectivity index (χ0v) is 12.9. The van der Waals surface area contributed by atoms with Crippen molar-refractivity contribution in [2.24, 2.45) is 0 Å². The van der Waals surface area contributed by atoms with E-state index in [1.807, 2.05) is 0 Å². The van der Waals surface area contributed by atoms with Gasteiger partial charge in [0.2, 0.25) is 0 Å². The fourth-order valence-corrected chi connectivity index (χ4v) is 2.90. The van der Waals surface area contributed by atoms with Gasteiger partial charge >= 0.3 is 0 Å². The van der Waals surface area contributed by atoms with Crippen molar-refractivity contribution < 1.29 is 9.47 Å². The molecule has 2 fully saturated rings. The number of hydrogen-bond donors (Lipinski definition) is 1. The quantitative estimate of drug-likeness (QED) is 0.708. The summed E-state index contributed by atoms with van der Waals surface area (Å²) < 4.78 is 11.2. The first-order valence-electron chi connectivity index (χ1n) is 8.41. The topological polar surface area (TPSA) is 30.5 Å². The first-order valence-corrected chi connectivity index (χ1v) is 8.41. The Hall–Kier alpha value is -0.900. The van der Waals surface area contributed by atoms with E-state index in [0.717, 1.165) is 51.7 Å².